The van der Waals surface area contributed by atoms with Crippen LogP contribution in [0.5, 0.6) is 11.5 Å². The summed E-state index contributed by atoms with van der Waals surface area (Å²) in [6.07, 6.45) is 0.133. The number of hydrogen-bond acceptors (Lipinski definition) is 5. The Morgan fingerprint density at radius 1 is 0.839 bits per heavy atom. The van der Waals surface area contributed by atoms with E-state index >= 15 is 0 Å². The Balaban J connectivity index is 1.81. The largest absolute Gasteiger partial charge is 0.505 e. The maximum absolute atomic E-state index is 12.9. The molecule has 4 aromatic rings. The Morgan fingerprint density at radius 2 is 1.55 bits per heavy atom. The molecule has 0 aliphatic rings. The highest BCUT2D eigenvalue weighted by Gasteiger charge is 2.19. The number of Topliss-reactive ketones (excluding diaryl/α,β-unsaturated/α-hetero) is 1. The number of hydrogen-bond donors (Lipinski definition) is 2. The van der Waals surface area contributed by atoms with Gasteiger partial charge in [-0.2, -0.15) is 0 Å². The molecule has 0 atom stereocenters. The van der Waals surface area contributed by atoms with Crippen LogP contribution in [0.3, 0.4) is 0 Å². The summed E-state index contributed by atoms with van der Waals surface area (Å²) >= 11 is 11.9. The lowest BCUT2D eigenvalue weighted by molar-refractivity contribution is 0.0990. The first-order valence-corrected chi connectivity index (χ1v) is 10.1. The van der Waals surface area contributed by atoms with Crippen LogP contribution in [0.1, 0.15) is 15.9 Å². The van der Waals surface area contributed by atoms with Crippen LogP contribution < -0.4 is 0 Å². The fourth-order valence-electron chi connectivity index (χ4n) is 3.24. The molecular weight excluding hydrogens is 435 g/mol. The molecule has 0 aromatic heterocycles. The molecule has 0 heterocycles. The van der Waals surface area contributed by atoms with Crippen LogP contribution in [0.4, 0.5) is 11.4 Å². The Kier molecular flexibility index (Phi) is 5.89. The van der Waals surface area contributed by atoms with Gasteiger partial charge in [-0.05, 0) is 29.1 Å². The summed E-state index contributed by atoms with van der Waals surface area (Å²) in [5.41, 5.74) is 1.14. The van der Waals surface area contributed by atoms with E-state index in [2.05, 4.69) is 10.2 Å². The minimum absolute atomic E-state index is 0.0299. The second kappa shape index (κ2) is 8.76. The summed E-state index contributed by atoms with van der Waals surface area (Å²) in [5, 5.41) is 30.8. The number of halogens is 2. The molecule has 0 aliphatic carbocycles. The van der Waals surface area contributed by atoms with Crippen molar-refractivity contribution in [3.8, 4) is 11.5 Å². The summed E-state index contributed by atoms with van der Waals surface area (Å²) in [5.74, 6) is -0.814. The zero-order valence-corrected chi connectivity index (χ0v) is 17.6. The molecule has 7 heteroatoms. The average Bonchev–Trinajstić information content (AvgIpc) is 2.76. The second-order valence-corrected chi connectivity index (χ2v) is 7.73. The van der Waals surface area contributed by atoms with Gasteiger partial charge < -0.3 is 10.2 Å². The molecule has 0 saturated carbocycles. The van der Waals surface area contributed by atoms with Gasteiger partial charge in [-0.1, -0.05) is 77.8 Å². The number of rotatable bonds is 5. The first kappa shape index (κ1) is 20.8. The number of carbonyl (C=O) groups is 1. The summed E-state index contributed by atoms with van der Waals surface area (Å²) < 4.78 is 0. The van der Waals surface area contributed by atoms with Gasteiger partial charge in [-0.3, -0.25) is 4.79 Å². The topological polar surface area (TPSA) is 82.2 Å². The van der Waals surface area contributed by atoms with E-state index in [0.717, 1.165) is 10.9 Å². The van der Waals surface area contributed by atoms with Crippen molar-refractivity contribution in [3.05, 3.63) is 94.0 Å². The molecule has 154 valence electrons. The molecule has 0 bridgehead atoms. The molecule has 4 aromatic carbocycles. The third kappa shape index (κ3) is 4.38. The van der Waals surface area contributed by atoms with Crippen molar-refractivity contribution in [1.29, 1.82) is 0 Å². The van der Waals surface area contributed by atoms with E-state index in [1.807, 2.05) is 42.5 Å². The fraction of sp³-hybridized carbons (Fsp3) is 0.0417. The van der Waals surface area contributed by atoms with Gasteiger partial charge in [0.15, 0.2) is 17.3 Å². The van der Waals surface area contributed by atoms with Gasteiger partial charge in [0.05, 0.1) is 10.6 Å². The quantitative estimate of drug-likeness (QED) is 0.245. The number of ketones is 1. The van der Waals surface area contributed by atoms with E-state index in [1.165, 1.54) is 12.1 Å². The van der Waals surface area contributed by atoms with Crippen LogP contribution in [0.25, 0.3) is 10.8 Å². The third-order valence-corrected chi connectivity index (χ3v) is 5.28. The number of azo groups is 1. The molecule has 0 aliphatic heterocycles. The average molecular weight is 451 g/mol. The molecule has 4 rings (SSSR count). The monoisotopic (exact) mass is 450 g/mol. The highest BCUT2D eigenvalue weighted by atomic mass is 35.5. The van der Waals surface area contributed by atoms with E-state index in [-0.39, 0.29) is 50.7 Å². The minimum Gasteiger partial charge on any atom is -0.505 e. The number of aromatic hydroxyl groups is 2. The van der Waals surface area contributed by atoms with Crippen molar-refractivity contribution in [2.75, 3.05) is 0 Å². The molecule has 2 N–H and O–H groups in total. The maximum Gasteiger partial charge on any atom is 0.171 e. The van der Waals surface area contributed by atoms with Gasteiger partial charge in [0.2, 0.25) is 0 Å². The molecule has 0 unspecified atom stereocenters. The van der Waals surface area contributed by atoms with Crippen molar-refractivity contribution >= 4 is 51.1 Å². The number of nitrogens with zero attached hydrogens (tertiary/aromatic N) is 2. The van der Waals surface area contributed by atoms with E-state index in [1.54, 1.807) is 18.2 Å². The van der Waals surface area contributed by atoms with Crippen LogP contribution in [0, 0.1) is 0 Å². The molecule has 0 saturated heterocycles. The molecule has 0 spiro atoms. The number of fused-ring (bicyclic) bond motifs is 1. The molecular formula is C24H16Cl2N2O3. The molecule has 0 radical (unpaired) electrons. The Labute approximate surface area is 188 Å². The summed E-state index contributed by atoms with van der Waals surface area (Å²) in [7, 11) is 0. The second-order valence-electron chi connectivity index (χ2n) is 6.88. The number of phenolic OH excluding ortho intramolecular Hbond substituents is 2. The van der Waals surface area contributed by atoms with Gasteiger partial charge >= 0.3 is 0 Å². The maximum atomic E-state index is 12.9. The van der Waals surface area contributed by atoms with Gasteiger partial charge in [0.25, 0.3) is 0 Å². The Bertz CT molecular complexity index is 1320. The first-order valence-electron chi connectivity index (χ1n) is 9.35. The lowest BCUT2D eigenvalue weighted by Crippen LogP contribution is -2.04. The molecule has 0 amide bonds. The van der Waals surface area contributed by atoms with Crippen molar-refractivity contribution < 1.29 is 15.0 Å². The van der Waals surface area contributed by atoms with Gasteiger partial charge in [0, 0.05) is 16.8 Å². The highest BCUT2D eigenvalue weighted by Crippen LogP contribution is 2.42. The predicted molar refractivity (Wildman–Crippen MR) is 122 cm³/mol. The number of phenols is 2. The predicted octanol–water partition coefficient (Wildman–Crippen LogP) is 7.40. The van der Waals surface area contributed by atoms with Crippen molar-refractivity contribution in [2.24, 2.45) is 10.2 Å². The van der Waals surface area contributed by atoms with Crippen LogP contribution >= 0.6 is 23.2 Å². The number of benzene rings is 4. The van der Waals surface area contributed by atoms with E-state index < -0.39 is 0 Å². The lowest BCUT2D eigenvalue weighted by atomic mass is 9.97. The fourth-order valence-corrected chi connectivity index (χ4v) is 3.72. The van der Waals surface area contributed by atoms with E-state index in [0.29, 0.717) is 5.39 Å². The zero-order valence-electron chi connectivity index (χ0n) is 16.1. The number of carbonyl (C=O) groups excluding carboxylic acids is 1. The van der Waals surface area contributed by atoms with Gasteiger partial charge in [0.1, 0.15) is 11.4 Å². The SMILES string of the molecule is O=C(Cc1ccccc1)c1cc2ccccc2c(N=Nc2cc(Cl)cc(Cl)c2O)c1O. The molecule has 0 fully saturated rings. The molecule has 5 nitrogen and oxygen atoms in total. The summed E-state index contributed by atoms with van der Waals surface area (Å²) in [4.78, 5) is 12.9. The highest BCUT2D eigenvalue weighted by molar-refractivity contribution is 6.36. The van der Waals surface area contributed by atoms with E-state index in [4.69, 9.17) is 23.2 Å². The third-order valence-electron chi connectivity index (χ3n) is 4.77. The van der Waals surface area contributed by atoms with Crippen LogP contribution in [0.15, 0.2) is 83.0 Å². The van der Waals surface area contributed by atoms with Gasteiger partial charge in [-0.15, -0.1) is 10.2 Å². The normalized spacial score (nSPS) is 11.3. The lowest BCUT2D eigenvalue weighted by Gasteiger charge is -2.10. The van der Waals surface area contributed by atoms with Crippen LogP contribution in [0.2, 0.25) is 10.0 Å². The minimum atomic E-state index is -0.282. The van der Waals surface area contributed by atoms with Crippen LogP contribution in [-0.4, -0.2) is 16.0 Å². The van der Waals surface area contributed by atoms with Crippen molar-refractivity contribution in [1.82, 2.24) is 0 Å². The zero-order chi connectivity index (χ0) is 22.0. The smallest absolute Gasteiger partial charge is 0.171 e. The Morgan fingerprint density at radius 3 is 2.32 bits per heavy atom. The Hall–Kier alpha value is -3.41. The standard InChI is InChI=1S/C24H16Cl2N2O3/c25-16-12-19(26)24(31)20(13-16)27-28-22-17-9-5-4-8-15(17)11-18(23(22)30)21(29)10-14-6-2-1-3-7-14/h1-9,11-13,30-31H,10H2. The van der Waals surface area contributed by atoms with E-state index in [9.17, 15) is 15.0 Å². The van der Waals surface area contributed by atoms with Gasteiger partial charge in [-0.25, -0.2) is 0 Å². The van der Waals surface area contributed by atoms with Crippen LogP contribution in [-0.2, 0) is 6.42 Å². The van der Waals surface area contributed by atoms with Crippen molar-refractivity contribution in [3.63, 3.8) is 0 Å². The first-order chi connectivity index (χ1) is 14.9. The molecule has 31 heavy (non-hydrogen) atoms. The summed E-state index contributed by atoms with van der Waals surface area (Å²) in [6.45, 7) is 0. The summed E-state index contributed by atoms with van der Waals surface area (Å²) in [6, 6.07) is 20.9. The van der Waals surface area contributed by atoms with Crippen molar-refractivity contribution in [2.45, 2.75) is 6.42 Å².